The summed E-state index contributed by atoms with van der Waals surface area (Å²) >= 11 is 3.57. The van der Waals surface area contributed by atoms with Crippen molar-refractivity contribution in [3.05, 3.63) is 57.8 Å². The lowest BCUT2D eigenvalue weighted by Gasteiger charge is -2.13. The average molecular weight is 349 g/mol. The van der Waals surface area contributed by atoms with Crippen LogP contribution in [0.25, 0.3) is 0 Å². The van der Waals surface area contributed by atoms with Crippen molar-refractivity contribution in [1.29, 1.82) is 0 Å². The Labute approximate surface area is 134 Å². The summed E-state index contributed by atoms with van der Waals surface area (Å²) in [5, 5.41) is 0. The van der Waals surface area contributed by atoms with Crippen molar-refractivity contribution in [1.82, 2.24) is 4.98 Å². The molecule has 0 aliphatic carbocycles. The Morgan fingerprint density at radius 2 is 2.10 bits per heavy atom. The predicted molar refractivity (Wildman–Crippen MR) is 89.4 cm³/mol. The molecule has 0 saturated heterocycles. The lowest BCUT2D eigenvalue weighted by molar-refractivity contribution is 0.300. The molecule has 1 aromatic carbocycles. The van der Waals surface area contributed by atoms with Gasteiger partial charge in [-0.15, -0.1) is 0 Å². The Bertz CT molecular complexity index is 601. The first-order valence-corrected chi connectivity index (χ1v) is 7.97. The quantitative estimate of drug-likeness (QED) is 0.857. The summed E-state index contributed by atoms with van der Waals surface area (Å²) in [6.45, 7) is 4.55. The van der Waals surface area contributed by atoms with E-state index in [9.17, 15) is 0 Å². The maximum atomic E-state index is 6.03. The lowest BCUT2D eigenvalue weighted by Crippen LogP contribution is -2.21. The predicted octanol–water partition coefficient (Wildman–Crippen LogP) is 4.01. The highest BCUT2D eigenvalue weighted by Crippen LogP contribution is 2.24. The summed E-state index contributed by atoms with van der Waals surface area (Å²) in [6.07, 6.45) is 1.81. The first kappa shape index (κ1) is 16.0. The highest BCUT2D eigenvalue weighted by atomic mass is 79.9. The summed E-state index contributed by atoms with van der Waals surface area (Å²) < 4.78 is 6.91. The zero-order valence-corrected chi connectivity index (χ0v) is 14.1. The molecule has 3 nitrogen and oxygen atoms in total. The van der Waals surface area contributed by atoms with E-state index in [1.807, 2.05) is 37.3 Å². The molecule has 1 atom stereocenters. The first-order chi connectivity index (χ1) is 10.1. The van der Waals surface area contributed by atoms with Crippen LogP contribution in [0.3, 0.4) is 0 Å². The molecule has 0 aliphatic heterocycles. The second-order valence-electron chi connectivity index (χ2n) is 5.18. The van der Waals surface area contributed by atoms with Crippen LogP contribution in [-0.2, 0) is 13.0 Å². The molecule has 112 valence electrons. The summed E-state index contributed by atoms with van der Waals surface area (Å²) in [4.78, 5) is 4.44. The monoisotopic (exact) mass is 348 g/mol. The van der Waals surface area contributed by atoms with Gasteiger partial charge in [0.2, 0.25) is 0 Å². The van der Waals surface area contributed by atoms with E-state index in [1.54, 1.807) is 0 Å². The van der Waals surface area contributed by atoms with Crippen LogP contribution in [0.1, 0.15) is 30.3 Å². The highest BCUT2D eigenvalue weighted by Gasteiger charge is 2.07. The van der Waals surface area contributed by atoms with Crippen molar-refractivity contribution < 1.29 is 4.74 Å². The number of ether oxygens (including phenoxy) is 1. The molecular formula is C17H21BrN2O. The number of rotatable bonds is 6. The number of pyridine rings is 1. The molecule has 0 aliphatic rings. The summed E-state index contributed by atoms with van der Waals surface area (Å²) in [7, 11) is 0. The Balaban J connectivity index is 2.05. The van der Waals surface area contributed by atoms with Gasteiger partial charge in [-0.3, -0.25) is 4.98 Å². The maximum Gasteiger partial charge on any atom is 0.130 e. The molecule has 1 aromatic heterocycles. The van der Waals surface area contributed by atoms with Crippen molar-refractivity contribution in [2.24, 2.45) is 5.73 Å². The summed E-state index contributed by atoms with van der Waals surface area (Å²) in [5.74, 6) is 0.847. The van der Waals surface area contributed by atoms with E-state index in [4.69, 9.17) is 10.5 Å². The number of aromatic nitrogens is 1. The second kappa shape index (κ2) is 7.57. The highest BCUT2D eigenvalue weighted by molar-refractivity contribution is 9.10. The van der Waals surface area contributed by atoms with E-state index < -0.39 is 0 Å². The molecule has 1 unspecified atom stereocenters. The number of nitrogens with zero attached hydrogens (tertiary/aromatic N) is 1. The van der Waals surface area contributed by atoms with Gasteiger partial charge >= 0.3 is 0 Å². The fourth-order valence-corrected chi connectivity index (χ4v) is 2.47. The molecule has 0 bridgehead atoms. The number of aryl methyl sites for hydroxylation is 1. The minimum Gasteiger partial charge on any atom is -0.487 e. The standard InChI is InChI=1S/C17H21BrN2O/c1-3-14(19)9-13-10-16(7-8-17(13)18)21-11-15-6-4-5-12(2)20-15/h4-8,10,14H,3,9,11,19H2,1-2H3. The fourth-order valence-electron chi connectivity index (χ4n) is 2.06. The van der Waals surface area contributed by atoms with Crippen molar-refractivity contribution >= 4 is 15.9 Å². The SMILES string of the molecule is CCC(N)Cc1cc(OCc2cccc(C)n2)ccc1Br. The van der Waals surface area contributed by atoms with Gasteiger partial charge < -0.3 is 10.5 Å². The van der Waals surface area contributed by atoms with Crippen molar-refractivity contribution in [3.63, 3.8) is 0 Å². The number of benzene rings is 1. The van der Waals surface area contributed by atoms with Crippen molar-refractivity contribution in [3.8, 4) is 5.75 Å². The Morgan fingerprint density at radius 1 is 1.29 bits per heavy atom. The Morgan fingerprint density at radius 3 is 2.81 bits per heavy atom. The minimum absolute atomic E-state index is 0.176. The number of hydrogen-bond acceptors (Lipinski definition) is 3. The molecule has 0 fully saturated rings. The molecule has 0 radical (unpaired) electrons. The molecule has 0 spiro atoms. The van der Waals surface area contributed by atoms with Crippen LogP contribution in [0.15, 0.2) is 40.9 Å². The summed E-state index contributed by atoms with van der Waals surface area (Å²) in [5.41, 5.74) is 9.15. The maximum absolute atomic E-state index is 6.03. The molecule has 0 amide bonds. The molecule has 2 N–H and O–H groups in total. The van der Waals surface area contributed by atoms with Crippen molar-refractivity contribution in [2.75, 3.05) is 0 Å². The smallest absolute Gasteiger partial charge is 0.130 e. The molecule has 1 heterocycles. The third kappa shape index (κ3) is 4.83. The lowest BCUT2D eigenvalue weighted by atomic mass is 10.0. The first-order valence-electron chi connectivity index (χ1n) is 7.18. The Hall–Kier alpha value is -1.39. The summed E-state index contributed by atoms with van der Waals surface area (Å²) in [6, 6.07) is 12.1. The van der Waals surface area contributed by atoms with Crippen LogP contribution >= 0.6 is 15.9 Å². The molecule has 4 heteroatoms. The molecule has 2 rings (SSSR count). The van der Waals surface area contributed by atoms with Gasteiger partial charge in [0, 0.05) is 16.2 Å². The molecular weight excluding hydrogens is 328 g/mol. The van der Waals surface area contributed by atoms with Gasteiger partial charge in [-0.25, -0.2) is 0 Å². The van der Waals surface area contributed by atoms with E-state index >= 15 is 0 Å². The van der Waals surface area contributed by atoms with Gasteiger partial charge in [0.1, 0.15) is 12.4 Å². The zero-order chi connectivity index (χ0) is 15.2. The normalized spacial score (nSPS) is 12.2. The fraction of sp³-hybridized carbons (Fsp3) is 0.353. The van der Waals surface area contributed by atoms with Crippen LogP contribution in [0.5, 0.6) is 5.75 Å². The van der Waals surface area contributed by atoms with Gasteiger partial charge in [-0.2, -0.15) is 0 Å². The van der Waals surface area contributed by atoms with Gasteiger partial charge in [0.25, 0.3) is 0 Å². The van der Waals surface area contributed by atoms with Gasteiger partial charge in [0.05, 0.1) is 5.69 Å². The third-order valence-corrected chi connectivity index (χ3v) is 4.13. The van der Waals surface area contributed by atoms with E-state index in [-0.39, 0.29) is 6.04 Å². The van der Waals surface area contributed by atoms with Crippen LogP contribution in [-0.4, -0.2) is 11.0 Å². The number of halogens is 1. The molecule has 0 saturated carbocycles. The third-order valence-electron chi connectivity index (χ3n) is 3.36. The van der Waals surface area contributed by atoms with Crippen LogP contribution < -0.4 is 10.5 Å². The van der Waals surface area contributed by atoms with Crippen LogP contribution in [0.4, 0.5) is 0 Å². The second-order valence-corrected chi connectivity index (χ2v) is 6.04. The van der Waals surface area contributed by atoms with E-state index in [1.165, 1.54) is 5.56 Å². The van der Waals surface area contributed by atoms with Gasteiger partial charge in [-0.1, -0.05) is 28.9 Å². The molecule has 2 aromatic rings. The minimum atomic E-state index is 0.176. The van der Waals surface area contributed by atoms with E-state index in [0.29, 0.717) is 6.61 Å². The zero-order valence-electron chi connectivity index (χ0n) is 12.5. The average Bonchev–Trinajstić information content (AvgIpc) is 2.48. The van der Waals surface area contributed by atoms with Crippen LogP contribution in [0, 0.1) is 6.92 Å². The van der Waals surface area contributed by atoms with E-state index in [0.717, 1.165) is 34.5 Å². The number of nitrogens with two attached hydrogens (primary N) is 1. The van der Waals surface area contributed by atoms with Crippen molar-refractivity contribution in [2.45, 2.75) is 39.3 Å². The Kier molecular flexibility index (Phi) is 5.76. The van der Waals surface area contributed by atoms with Gasteiger partial charge in [-0.05, 0) is 55.7 Å². The number of hydrogen-bond donors (Lipinski definition) is 1. The van der Waals surface area contributed by atoms with Crippen LogP contribution in [0.2, 0.25) is 0 Å². The largest absolute Gasteiger partial charge is 0.487 e. The topological polar surface area (TPSA) is 48.1 Å². The molecule has 21 heavy (non-hydrogen) atoms. The van der Waals surface area contributed by atoms with E-state index in [2.05, 4.69) is 33.9 Å². The van der Waals surface area contributed by atoms with Gasteiger partial charge in [0.15, 0.2) is 0 Å².